The number of hydrogen-bond acceptors (Lipinski definition) is 5. The zero-order chi connectivity index (χ0) is 45.4. The maximum atomic E-state index is 6.92. The Bertz CT molecular complexity index is 4050. The van der Waals surface area contributed by atoms with E-state index in [9.17, 15) is 0 Å². The van der Waals surface area contributed by atoms with Gasteiger partial charge < -0.3 is 23.9 Å². The quantitative estimate of drug-likeness (QED) is 0.118. The van der Waals surface area contributed by atoms with Gasteiger partial charge in [0.2, 0.25) is 0 Å². The first kappa shape index (κ1) is 39.1. The van der Waals surface area contributed by atoms with Crippen LogP contribution >= 0.6 is 0 Å². The highest BCUT2D eigenvalue weighted by atomic mass is 16.5. The second-order valence-electron chi connectivity index (χ2n) is 18.0. The van der Waals surface area contributed by atoms with Crippen molar-refractivity contribution in [2.45, 2.75) is 0 Å². The molecule has 0 bridgehead atoms. The van der Waals surface area contributed by atoms with E-state index in [4.69, 9.17) is 9.15 Å². The highest BCUT2D eigenvalue weighted by Crippen LogP contribution is 2.53. The highest BCUT2D eigenvalue weighted by Gasteiger charge is 2.30. The lowest BCUT2D eigenvalue weighted by molar-refractivity contribution is 0.323. The molecule has 1 aliphatic rings. The number of fused-ring (bicyclic) bond motifs is 6. The minimum absolute atomic E-state index is 0.387. The summed E-state index contributed by atoms with van der Waals surface area (Å²) >= 11 is 0. The lowest BCUT2D eigenvalue weighted by atomic mass is 9.88. The fourth-order valence-corrected chi connectivity index (χ4v) is 11.0. The molecule has 2 heterocycles. The molecule has 14 rings (SSSR count). The molecule has 69 heavy (non-hydrogen) atoms. The molecule has 0 saturated heterocycles. The molecule has 0 radical (unpaired) electrons. The Kier molecular flexibility index (Phi) is 8.96. The van der Waals surface area contributed by atoms with Crippen LogP contribution in [0.5, 0.6) is 5.75 Å². The normalized spacial score (nSPS) is 12.9. The summed E-state index contributed by atoms with van der Waals surface area (Å²) in [6.45, 7) is 0.952. The topological polar surface area (TPSA) is 32.1 Å². The number of para-hydroxylation sites is 4. The Morgan fingerprint density at radius 3 is 1.78 bits per heavy atom. The monoisotopic (exact) mass is 885 g/mol. The Labute approximate surface area is 399 Å². The molecule has 326 valence electrons. The maximum absolute atomic E-state index is 6.92. The van der Waals surface area contributed by atoms with Gasteiger partial charge in [-0.25, -0.2) is 0 Å². The predicted molar refractivity (Wildman–Crippen MR) is 288 cm³/mol. The molecule has 0 amide bonds. The van der Waals surface area contributed by atoms with Crippen molar-refractivity contribution >= 4 is 99.2 Å². The van der Waals surface area contributed by atoms with Crippen molar-refractivity contribution < 1.29 is 9.15 Å². The first-order valence-electron chi connectivity index (χ1n) is 23.6. The van der Waals surface area contributed by atoms with Crippen LogP contribution in [0.1, 0.15) is 0 Å². The van der Waals surface area contributed by atoms with E-state index in [0.29, 0.717) is 13.4 Å². The minimum atomic E-state index is 0.387. The van der Waals surface area contributed by atoms with E-state index in [1.807, 2.05) is 6.07 Å². The molecule has 12 aromatic carbocycles. The molecule has 0 spiro atoms. The number of benzene rings is 12. The molecule has 0 aliphatic carbocycles. The van der Waals surface area contributed by atoms with Gasteiger partial charge in [0.05, 0.1) is 23.7 Å². The first-order valence-corrected chi connectivity index (χ1v) is 23.6. The third kappa shape index (κ3) is 6.32. The van der Waals surface area contributed by atoms with E-state index in [0.717, 1.165) is 78.5 Å². The van der Waals surface area contributed by atoms with Gasteiger partial charge in [-0.3, -0.25) is 0 Å². The number of hydrogen-bond donors (Lipinski definition) is 0. The van der Waals surface area contributed by atoms with Crippen LogP contribution in [-0.4, -0.2) is 13.4 Å². The second kappa shape index (κ2) is 15.8. The fraction of sp³-hybridized carbons (Fsp3) is 0.0312. The van der Waals surface area contributed by atoms with E-state index in [1.54, 1.807) is 0 Å². The van der Waals surface area contributed by atoms with Gasteiger partial charge in [0.25, 0.3) is 0 Å². The van der Waals surface area contributed by atoms with E-state index in [-0.39, 0.29) is 0 Å². The molecule has 0 unspecified atom stereocenters. The molecule has 5 nitrogen and oxygen atoms in total. The second-order valence-corrected chi connectivity index (χ2v) is 18.0. The molecule has 0 N–H and O–H groups in total. The summed E-state index contributed by atoms with van der Waals surface area (Å²) in [7, 11) is 0. The number of ether oxygens (including phenoxy) is 1. The summed E-state index contributed by atoms with van der Waals surface area (Å²) in [5.74, 6) is 0.811. The van der Waals surface area contributed by atoms with Gasteiger partial charge in [-0.2, -0.15) is 0 Å². The molecule has 0 fully saturated rings. The summed E-state index contributed by atoms with van der Waals surface area (Å²) in [6, 6.07) is 85.3. The number of nitrogens with zero attached hydrogens (tertiary/aromatic N) is 3. The van der Waals surface area contributed by atoms with Crippen LogP contribution in [0, 0.1) is 0 Å². The minimum Gasteiger partial charge on any atom is -0.471 e. The average Bonchev–Trinajstić information content (AvgIpc) is 3.66. The SMILES string of the molecule is c1ccc(-c2ccc(N(c3cc4oc5ccccc5c4cc3-c3cccc4c3N(c3ccccc3)CN(c3ccccc3)CO4)c3ccc4cccc5c6cccc7cccc(c3c45)c76)cc2)cc1. The van der Waals surface area contributed by atoms with Crippen molar-refractivity contribution in [2.24, 2.45) is 0 Å². The van der Waals surface area contributed by atoms with E-state index in [2.05, 4.69) is 245 Å². The summed E-state index contributed by atoms with van der Waals surface area (Å²) < 4.78 is 13.8. The van der Waals surface area contributed by atoms with Gasteiger partial charge in [0.15, 0.2) is 6.73 Å². The lowest BCUT2D eigenvalue weighted by Gasteiger charge is -2.33. The molecule has 5 heteroatoms. The van der Waals surface area contributed by atoms with Crippen LogP contribution in [0.4, 0.5) is 34.1 Å². The van der Waals surface area contributed by atoms with Crippen molar-refractivity contribution in [3.63, 3.8) is 0 Å². The Hall–Kier alpha value is -9.06. The van der Waals surface area contributed by atoms with Crippen LogP contribution in [0.25, 0.3) is 87.3 Å². The van der Waals surface area contributed by atoms with E-state index < -0.39 is 0 Å². The summed E-state index contributed by atoms with van der Waals surface area (Å²) in [5, 5.41) is 12.0. The van der Waals surface area contributed by atoms with Gasteiger partial charge in [-0.1, -0.05) is 170 Å². The van der Waals surface area contributed by atoms with Gasteiger partial charge in [-0.15, -0.1) is 0 Å². The average molecular weight is 886 g/mol. The largest absolute Gasteiger partial charge is 0.471 e. The Morgan fingerprint density at radius 1 is 0.391 bits per heavy atom. The first-order chi connectivity index (χ1) is 34.2. The Morgan fingerprint density at radius 2 is 1.01 bits per heavy atom. The third-order valence-electron chi connectivity index (χ3n) is 14.1. The molecular weight excluding hydrogens is 843 g/mol. The molecule has 1 aliphatic heterocycles. The molecule has 1 aromatic heterocycles. The lowest BCUT2D eigenvalue weighted by Crippen LogP contribution is -2.35. The molecular formula is C64H43N3O2. The van der Waals surface area contributed by atoms with Crippen molar-refractivity contribution in [1.29, 1.82) is 0 Å². The predicted octanol–water partition coefficient (Wildman–Crippen LogP) is 17.4. The van der Waals surface area contributed by atoms with E-state index in [1.165, 1.54) is 48.7 Å². The number of furan rings is 1. The van der Waals surface area contributed by atoms with E-state index >= 15 is 0 Å². The highest BCUT2D eigenvalue weighted by molar-refractivity contribution is 6.35. The van der Waals surface area contributed by atoms with Crippen LogP contribution in [0.3, 0.4) is 0 Å². The maximum Gasteiger partial charge on any atom is 0.163 e. The van der Waals surface area contributed by atoms with Gasteiger partial charge >= 0.3 is 0 Å². The third-order valence-corrected chi connectivity index (χ3v) is 14.1. The molecule has 0 atom stereocenters. The summed E-state index contributed by atoms with van der Waals surface area (Å²) in [6.07, 6.45) is 0. The summed E-state index contributed by atoms with van der Waals surface area (Å²) in [4.78, 5) is 7.19. The number of anilines is 6. The molecule has 13 aromatic rings. The zero-order valence-electron chi connectivity index (χ0n) is 37.6. The van der Waals surface area contributed by atoms with Crippen LogP contribution in [0.15, 0.2) is 241 Å². The van der Waals surface area contributed by atoms with Crippen LogP contribution in [-0.2, 0) is 0 Å². The Balaban J connectivity index is 1.10. The van der Waals surface area contributed by atoms with Crippen LogP contribution in [0.2, 0.25) is 0 Å². The summed E-state index contributed by atoms with van der Waals surface area (Å²) in [5.41, 5.74) is 12.3. The van der Waals surface area contributed by atoms with Crippen molar-refractivity contribution in [3.05, 3.63) is 237 Å². The molecule has 0 saturated carbocycles. The van der Waals surface area contributed by atoms with Crippen molar-refractivity contribution in [1.82, 2.24) is 0 Å². The standard InChI is InChI=1S/C64H43N3O2/c1-4-16-42(17-5-1)43-32-35-48(36-33-43)67(56-37-34-45-20-13-27-51-50-26-12-18-44-19-14-29-53(61(44)50)63(56)62(45)51)57-39-60-55(49-25-10-11-30-58(49)69-60)38-54(57)52-28-15-31-59-64(52)66(47-23-8-3-9-24-47)40-65(41-68-59)46-21-6-2-7-22-46/h1-39H,40-41H2. The van der Waals surface area contributed by atoms with Crippen molar-refractivity contribution in [2.75, 3.05) is 28.1 Å². The van der Waals surface area contributed by atoms with Crippen molar-refractivity contribution in [3.8, 4) is 28.0 Å². The fourth-order valence-electron chi connectivity index (χ4n) is 11.0. The smallest absolute Gasteiger partial charge is 0.163 e. The van der Waals surface area contributed by atoms with Gasteiger partial charge in [0.1, 0.15) is 16.9 Å². The van der Waals surface area contributed by atoms with Gasteiger partial charge in [0, 0.05) is 50.4 Å². The number of rotatable bonds is 7. The zero-order valence-corrected chi connectivity index (χ0v) is 37.6. The van der Waals surface area contributed by atoms with Crippen LogP contribution < -0.4 is 19.4 Å². The van der Waals surface area contributed by atoms with Gasteiger partial charge in [-0.05, 0) is 109 Å².